The molecule has 148 valence electrons. The highest BCUT2D eigenvalue weighted by Gasteiger charge is 2.27. The fourth-order valence-corrected chi connectivity index (χ4v) is 3.10. The first kappa shape index (κ1) is 19.3. The minimum absolute atomic E-state index is 0.0344. The van der Waals surface area contributed by atoms with Gasteiger partial charge in [-0.15, -0.1) is 5.10 Å². The summed E-state index contributed by atoms with van der Waals surface area (Å²) in [6, 6.07) is 16.0. The van der Waals surface area contributed by atoms with Crippen LogP contribution in [-0.2, 0) is 5.41 Å². The van der Waals surface area contributed by atoms with Gasteiger partial charge in [-0.05, 0) is 50.2 Å². The molecular weight excluding hydrogens is 386 g/mol. The zero-order valence-electron chi connectivity index (χ0n) is 16.2. The largest absolute Gasteiger partial charge is 0.257 e. The van der Waals surface area contributed by atoms with Crippen molar-refractivity contribution in [2.45, 2.75) is 19.3 Å². The van der Waals surface area contributed by atoms with Crippen LogP contribution in [-0.4, -0.2) is 25.1 Å². The fraction of sp³-hybridized carbons (Fsp3) is 0.136. The Labute approximate surface area is 171 Å². The summed E-state index contributed by atoms with van der Waals surface area (Å²) >= 11 is 0. The molecule has 8 heteroatoms. The van der Waals surface area contributed by atoms with Crippen LogP contribution in [0.4, 0.5) is 8.78 Å². The third-order valence-electron chi connectivity index (χ3n) is 4.81. The van der Waals surface area contributed by atoms with Gasteiger partial charge < -0.3 is 0 Å². The zero-order valence-corrected chi connectivity index (χ0v) is 16.2. The van der Waals surface area contributed by atoms with Gasteiger partial charge in [0.1, 0.15) is 23.4 Å². The molecule has 0 aliphatic rings. The molecule has 0 atom stereocenters. The molecule has 0 unspecified atom stereocenters. The summed E-state index contributed by atoms with van der Waals surface area (Å²) in [5.41, 5.74) is 1.92. The minimum Gasteiger partial charge on any atom is -0.257 e. The van der Waals surface area contributed by atoms with E-state index in [-0.39, 0.29) is 11.4 Å². The maximum atomic E-state index is 14.2. The predicted molar refractivity (Wildman–Crippen MR) is 106 cm³/mol. The van der Waals surface area contributed by atoms with Gasteiger partial charge in [0, 0.05) is 17.0 Å². The molecule has 3 aromatic heterocycles. The van der Waals surface area contributed by atoms with Crippen molar-refractivity contribution in [1.82, 2.24) is 25.1 Å². The molecule has 4 rings (SSSR count). The number of halogens is 2. The number of hydrogen-bond acceptors (Lipinski definition) is 5. The molecule has 6 nitrogen and oxygen atoms in total. The number of nitrogens with one attached hydrogen (secondary N) is 1. The molecule has 0 spiro atoms. The minimum atomic E-state index is -0.670. The van der Waals surface area contributed by atoms with Crippen molar-refractivity contribution >= 4 is 0 Å². The number of aromatic amines is 1. The first-order valence-electron chi connectivity index (χ1n) is 9.12. The van der Waals surface area contributed by atoms with E-state index in [1.165, 1.54) is 12.1 Å². The molecule has 0 aliphatic carbocycles. The van der Waals surface area contributed by atoms with Gasteiger partial charge in [-0.2, -0.15) is 10.2 Å². The molecule has 0 fully saturated rings. The van der Waals surface area contributed by atoms with E-state index in [2.05, 4.69) is 25.1 Å². The number of aromatic nitrogens is 5. The molecule has 0 amide bonds. The lowest BCUT2D eigenvalue weighted by Gasteiger charge is -2.24. The number of nitriles is 1. The summed E-state index contributed by atoms with van der Waals surface area (Å²) in [4.78, 5) is 13.4. The summed E-state index contributed by atoms with van der Waals surface area (Å²) < 4.78 is 27.5. The van der Waals surface area contributed by atoms with E-state index >= 15 is 0 Å². The van der Waals surface area contributed by atoms with E-state index in [4.69, 9.17) is 5.26 Å². The van der Waals surface area contributed by atoms with Crippen molar-refractivity contribution in [2.75, 3.05) is 0 Å². The zero-order chi connectivity index (χ0) is 21.3. The summed E-state index contributed by atoms with van der Waals surface area (Å²) in [6.07, 6.45) is 0. The van der Waals surface area contributed by atoms with E-state index in [0.29, 0.717) is 28.6 Å². The van der Waals surface area contributed by atoms with Gasteiger partial charge in [-0.25, -0.2) is 13.8 Å². The summed E-state index contributed by atoms with van der Waals surface area (Å²) in [6.45, 7) is 3.90. The Balaban J connectivity index is 1.74. The van der Waals surface area contributed by atoms with Crippen molar-refractivity contribution < 1.29 is 8.78 Å². The average Bonchev–Trinajstić information content (AvgIpc) is 3.23. The monoisotopic (exact) mass is 402 g/mol. The maximum absolute atomic E-state index is 14.2. The van der Waals surface area contributed by atoms with Crippen molar-refractivity contribution in [2.24, 2.45) is 0 Å². The van der Waals surface area contributed by atoms with E-state index in [1.807, 2.05) is 38.1 Å². The third-order valence-corrected chi connectivity index (χ3v) is 4.81. The maximum Gasteiger partial charge on any atom is 0.252 e. The summed E-state index contributed by atoms with van der Waals surface area (Å²) in [5, 5.41) is 15.4. The highest BCUT2D eigenvalue weighted by Crippen LogP contribution is 2.32. The Kier molecular flexibility index (Phi) is 4.80. The lowest BCUT2D eigenvalue weighted by atomic mass is 9.84. The van der Waals surface area contributed by atoms with E-state index in [9.17, 15) is 8.78 Å². The Morgan fingerprint density at radius 2 is 1.57 bits per heavy atom. The molecular formula is C22H16F2N6. The number of benzene rings is 1. The fourth-order valence-electron chi connectivity index (χ4n) is 3.10. The summed E-state index contributed by atoms with van der Waals surface area (Å²) in [5.74, 6) is -0.886. The highest BCUT2D eigenvalue weighted by atomic mass is 19.1. The van der Waals surface area contributed by atoms with Gasteiger partial charge in [-0.3, -0.25) is 10.1 Å². The van der Waals surface area contributed by atoms with Gasteiger partial charge in [0.25, 0.3) is 5.82 Å². The molecule has 0 radical (unpaired) electrons. The SMILES string of the molecule is CC(C)(c1cccc(-c2nc(C#N)n[nH]2)n1)c1cccc(-c2ccc(F)cc2F)n1. The van der Waals surface area contributed by atoms with Crippen LogP contribution in [0.15, 0.2) is 54.6 Å². The lowest BCUT2D eigenvalue weighted by Crippen LogP contribution is -2.22. The van der Waals surface area contributed by atoms with Gasteiger partial charge in [0.15, 0.2) is 5.82 Å². The molecule has 4 aromatic rings. The molecule has 3 heterocycles. The normalized spacial score (nSPS) is 11.3. The van der Waals surface area contributed by atoms with Crippen LogP contribution in [0, 0.1) is 23.0 Å². The van der Waals surface area contributed by atoms with E-state index in [0.717, 1.165) is 6.07 Å². The number of nitrogens with zero attached hydrogens (tertiary/aromatic N) is 5. The van der Waals surface area contributed by atoms with Gasteiger partial charge in [-0.1, -0.05) is 12.1 Å². The quantitative estimate of drug-likeness (QED) is 0.546. The van der Waals surface area contributed by atoms with E-state index < -0.39 is 17.0 Å². The Morgan fingerprint density at radius 1 is 0.900 bits per heavy atom. The van der Waals surface area contributed by atoms with Crippen molar-refractivity contribution in [3.63, 3.8) is 0 Å². The van der Waals surface area contributed by atoms with Crippen LogP contribution >= 0.6 is 0 Å². The summed E-state index contributed by atoms with van der Waals surface area (Å²) in [7, 11) is 0. The molecule has 0 saturated heterocycles. The van der Waals surface area contributed by atoms with Crippen LogP contribution in [0.3, 0.4) is 0 Å². The van der Waals surface area contributed by atoms with Crippen molar-refractivity contribution in [1.29, 1.82) is 5.26 Å². The van der Waals surface area contributed by atoms with Crippen LogP contribution in [0.5, 0.6) is 0 Å². The first-order chi connectivity index (χ1) is 14.4. The molecule has 0 aliphatic heterocycles. The lowest BCUT2D eigenvalue weighted by molar-refractivity contribution is 0.583. The number of rotatable bonds is 4. The third kappa shape index (κ3) is 3.53. The van der Waals surface area contributed by atoms with E-state index in [1.54, 1.807) is 18.2 Å². The Hall–Kier alpha value is -3.99. The first-order valence-corrected chi connectivity index (χ1v) is 9.12. The standard InChI is InChI=1S/C22H16F2N6/c1-22(2,19-8-4-6-17(27-19)21-28-20(12-25)29-30-21)18-7-3-5-16(26-18)14-10-9-13(23)11-15(14)24/h3-11H,1-2H3,(H,28,29,30). The van der Waals surface area contributed by atoms with Gasteiger partial charge >= 0.3 is 0 Å². The van der Waals surface area contributed by atoms with Crippen molar-refractivity contribution in [3.05, 3.63) is 83.4 Å². The van der Waals surface area contributed by atoms with Crippen LogP contribution < -0.4 is 0 Å². The van der Waals surface area contributed by atoms with Crippen molar-refractivity contribution in [3.8, 4) is 28.8 Å². The van der Waals surface area contributed by atoms with Gasteiger partial charge in [0.05, 0.1) is 17.1 Å². The number of H-pyrrole nitrogens is 1. The molecule has 0 bridgehead atoms. The molecule has 0 saturated carbocycles. The van der Waals surface area contributed by atoms with Crippen LogP contribution in [0.1, 0.15) is 31.1 Å². The van der Waals surface area contributed by atoms with Crippen LogP contribution in [0.2, 0.25) is 0 Å². The highest BCUT2D eigenvalue weighted by molar-refractivity contribution is 5.60. The molecule has 30 heavy (non-hydrogen) atoms. The number of hydrogen-bond donors (Lipinski definition) is 1. The van der Waals surface area contributed by atoms with Crippen LogP contribution in [0.25, 0.3) is 22.8 Å². The average molecular weight is 402 g/mol. The second kappa shape index (κ2) is 7.44. The Bertz CT molecular complexity index is 1270. The second-order valence-corrected chi connectivity index (χ2v) is 7.18. The molecule has 1 N–H and O–H groups in total. The smallest absolute Gasteiger partial charge is 0.252 e. The molecule has 1 aromatic carbocycles. The Morgan fingerprint density at radius 3 is 2.20 bits per heavy atom. The topological polar surface area (TPSA) is 91.1 Å². The number of pyridine rings is 2. The van der Waals surface area contributed by atoms with Gasteiger partial charge in [0.2, 0.25) is 0 Å². The second-order valence-electron chi connectivity index (χ2n) is 7.18. The predicted octanol–water partition coefficient (Wildman–Crippen LogP) is 4.40.